The first-order chi connectivity index (χ1) is 9.61. The molecule has 106 valence electrons. The van der Waals surface area contributed by atoms with Gasteiger partial charge in [0.05, 0.1) is 11.6 Å². The van der Waals surface area contributed by atoms with E-state index in [1.807, 2.05) is 0 Å². The van der Waals surface area contributed by atoms with E-state index in [1.54, 1.807) is 0 Å². The van der Waals surface area contributed by atoms with Crippen molar-refractivity contribution in [2.75, 3.05) is 0 Å². The maximum Gasteiger partial charge on any atom is 0.255 e. The standard InChI is InChI=1S/C15H16BrFN2O/c16-11-6-7-13(17)12(8-11)15(20)19-14(9-18)10-4-2-1-3-5-10/h6-8,10,14H,1-5H2,(H,19,20). The number of nitriles is 1. The Labute approximate surface area is 126 Å². The van der Waals surface area contributed by atoms with Crippen LogP contribution in [0.5, 0.6) is 0 Å². The second kappa shape index (κ2) is 6.85. The fourth-order valence-corrected chi connectivity index (χ4v) is 2.97. The monoisotopic (exact) mass is 338 g/mol. The second-order valence-electron chi connectivity index (χ2n) is 5.10. The van der Waals surface area contributed by atoms with Gasteiger partial charge in [-0.3, -0.25) is 4.79 Å². The lowest BCUT2D eigenvalue weighted by molar-refractivity contribution is 0.0924. The summed E-state index contributed by atoms with van der Waals surface area (Å²) in [6.07, 6.45) is 5.25. The van der Waals surface area contributed by atoms with E-state index in [-0.39, 0.29) is 11.5 Å². The molecule has 0 radical (unpaired) electrons. The van der Waals surface area contributed by atoms with Gasteiger partial charge in [0, 0.05) is 4.47 Å². The third kappa shape index (κ3) is 3.57. The zero-order chi connectivity index (χ0) is 14.5. The van der Waals surface area contributed by atoms with E-state index in [0.717, 1.165) is 25.7 Å². The van der Waals surface area contributed by atoms with Crippen molar-refractivity contribution < 1.29 is 9.18 Å². The van der Waals surface area contributed by atoms with Gasteiger partial charge in [0.1, 0.15) is 11.9 Å². The molecule has 1 atom stereocenters. The molecule has 2 rings (SSSR count). The van der Waals surface area contributed by atoms with Crippen molar-refractivity contribution in [2.45, 2.75) is 38.1 Å². The molecular weight excluding hydrogens is 323 g/mol. The first-order valence-corrected chi connectivity index (χ1v) is 7.56. The van der Waals surface area contributed by atoms with Crippen molar-refractivity contribution in [3.63, 3.8) is 0 Å². The van der Waals surface area contributed by atoms with Crippen LogP contribution in [0.2, 0.25) is 0 Å². The number of benzene rings is 1. The highest BCUT2D eigenvalue weighted by molar-refractivity contribution is 9.10. The molecule has 1 aliphatic carbocycles. The van der Waals surface area contributed by atoms with Crippen molar-refractivity contribution in [1.82, 2.24) is 5.32 Å². The number of amides is 1. The molecule has 0 aromatic heterocycles. The summed E-state index contributed by atoms with van der Waals surface area (Å²) in [4.78, 5) is 12.1. The van der Waals surface area contributed by atoms with Crippen LogP contribution in [0.3, 0.4) is 0 Å². The summed E-state index contributed by atoms with van der Waals surface area (Å²) in [6, 6.07) is 5.80. The zero-order valence-electron chi connectivity index (χ0n) is 11.0. The quantitative estimate of drug-likeness (QED) is 0.911. The molecule has 0 saturated heterocycles. The lowest BCUT2D eigenvalue weighted by atomic mass is 9.84. The lowest BCUT2D eigenvalue weighted by Crippen LogP contribution is -2.40. The smallest absolute Gasteiger partial charge is 0.255 e. The first-order valence-electron chi connectivity index (χ1n) is 6.77. The third-order valence-corrected chi connectivity index (χ3v) is 4.21. The summed E-state index contributed by atoms with van der Waals surface area (Å²) in [5.41, 5.74) is -0.0320. The highest BCUT2D eigenvalue weighted by Crippen LogP contribution is 2.26. The summed E-state index contributed by atoms with van der Waals surface area (Å²) >= 11 is 3.21. The maximum absolute atomic E-state index is 13.7. The molecule has 1 N–H and O–H groups in total. The van der Waals surface area contributed by atoms with Crippen molar-refractivity contribution >= 4 is 21.8 Å². The molecule has 1 aromatic rings. The largest absolute Gasteiger partial charge is 0.336 e. The van der Waals surface area contributed by atoms with Gasteiger partial charge in [0.2, 0.25) is 0 Å². The number of carbonyl (C=O) groups excluding carboxylic acids is 1. The number of rotatable bonds is 3. The third-order valence-electron chi connectivity index (χ3n) is 3.72. The van der Waals surface area contributed by atoms with E-state index >= 15 is 0 Å². The van der Waals surface area contributed by atoms with E-state index in [1.165, 1.54) is 24.6 Å². The molecule has 1 aliphatic rings. The SMILES string of the molecule is N#CC(NC(=O)c1cc(Br)ccc1F)C1CCCCC1. The average Bonchev–Trinajstić information content (AvgIpc) is 2.48. The van der Waals surface area contributed by atoms with Crippen LogP contribution >= 0.6 is 15.9 Å². The van der Waals surface area contributed by atoms with Crippen molar-refractivity contribution in [3.05, 3.63) is 34.1 Å². The van der Waals surface area contributed by atoms with E-state index in [0.29, 0.717) is 4.47 Å². The van der Waals surface area contributed by atoms with Gasteiger partial charge in [-0.05, 0) is 37.0 Å². The molecule has 0 heterocycles. The van der Waals surface area contributed by atoms with Crippen LogP contribution in [0.1, 0.15) is 42.5 Å². The van der Waals surface area contributed by atoms with Crippen molar-refractivity contribution in [2.24, 2.45) is 5.92 Å². The molecule has 0 spiro atoms. The summed E-state index contributed by atoms with van der Waals surface area (Å²) in [5, 5.41) is 11.9. The van der Waals surface area contributed by atoms with Gasteiger partial charge in [0.25, 0.3) is 5.91 Å². The van der Waals surface area contributed by atoms with Gasteiger partial charge in [-0.2, -0.15) is 5.26 Å². The molecule has 1 fully saturated rings. The summed E-state index contributed by atoms with van der Waals surface area (Å²) < 4.78 is 14.3. The fourth-order valence-electron chi connectivity index (χ4n) is 2.61. The molecule has 3 nitrogen and oxygen atoms in total. The van der Waals surface area contributed by atoms with E-state index in [9.17, 15) is 14.4 Å². The number of nitrogens with zero attached hydrogens (tertiary/aromatic N) is 1. The average molecular weight is 339 g/mol. The van der Waals surface area contributed by atoms with Crippen LogP contribution in [-0.4, -0.2) is 11.9 Å². The Balaban J connectivity index is 2.09. The van der Waals surface area contributed by atoms with Gasteiger partial charge >= 0.3 is 0 Å². The van der Waals surface area contributed by atoms with Gasteiger partial charge in [-0.1, -0.05) is 35.2 Å². The Morgan fingerprint density at radius 1 is 1.40 bits per heavy atom. The lowest BCUT2D eigenvalue weighted by Gasteiger charge is -2.26. The predicted octanol–water partition coefficient (Wildman–Crippen LogP) is 3.79. The molecule has 1 unspecified atom stereocenters. The molecule has 1 amide bonds. The van der Waals surface area contributed by atoms with Gasteiger partial charge in [-0.25, -0.2) is 4.39 Å². The van der Waals surface area contributed by atoms with Crippen molar-refractivity contribution in [3.8, 4) is 6.07 Å². The van der Waals surface area contributed by atoms with Crippen LogP contribution in [0.4, 0.5) is 4.39 Å². The Bertz CT molecular complexity index is 535. The second-order valence-corrected chi connectivity index (χ2v) is 6.02. The molecule has 20 heavy (non-hydrogen) atoms. The normalized spacial score (nSPS) is 17.2. The van der Waals surface area contributed by atoms with E-state index < -0.39 is 17.8 Å². The minimum Gasteiger partial charge on any atom is -0.336 e. The minimum absolute atomic E-state index is 0.0320. The van der Waals surface area contributed by atoms with Crippen LogP contribution in [0, 0.1) is 23.1 Å². The Morgan fingerprint density at radius 2 is 2.10 bits per heavy atom. The summed E-state index contributed by atoms with van der Waals surface area (Å²) in [6.45, 7) is 0. The number of halogens is 2. The summed E-state index contributed by atoms with van der Waals surface area (Å²) in [7, 11) is 0. The summed E-state index contributed by atoms with van der Waals surface area (Å²) in [5.74, 6) is -0.931. The van der Waals surface area contributed by atoms with Gasteiger partial charge < -0.3 is 5.32 Å². The number of hydrogen-bond donors (Lipinski definition) is 1. The maximum atomic E-state index is 13.7. The van der Waals surface area contributed by atoms with E-state index in [2.05, 4.69) is 27.3 Å². The predicted molar refractivity (Wildman–Crippen MR) is 77.5 cm³/mol. The molecule has 1 saturated carbocycles. The molecule has 5 heteroatoms. The molecule has 0 aliphatic heterocycles. The van der Waals surface area contributed by atoms with Crippen LogP contribution in [0.25, 0.3) is 0 Å². The van der Waals surface area contributed by atoms with Crippen LogP contribution < -0.4 is 5.32 Å². The first kappa shape index (κ1) is 15.0. The molecule has 0 bridgehead atoms. The van der Waals surface area contributed by atoms with Crippen LogP contribution in [0.15, 0.2) is 22.7 Å². The Kier molecular flexibility index (Phi) is 5.13. The number of carbonyl (C=O) groups is 1. The zero-order valence-corrected chi connectivity index (χ0v) is 12.6. The Morgan fingerprint density at radius 3 is 2.75 bits per heavy atom. The van der Waals surface area contributed by atoms with Crippen LogP contribution in [-0.2, 0) is 0 Å². The number of nitrogens with one attached hydrogen (secondary N) is 1. The number of hydrogen-bond acceptors (Lipinski definition) is 2. The highest BCUT2D eigenvalue weighted by Gasteiger charge is 2.26. The fraction of sp³-hybridized carbons (Fsp3) is 0.467. The van der Waals surface area contributed by atoms with E-state index in [4.69, 9.17) is 0 Å². The Hall–Kier alpha value is -1.41. The molecular formula is C15H16BrFN2O. The molecule has 1 aromatic carbocycles. The van der Waals surface area contributed by atoms with Crippen molar-refractivity contribution in [1.29, 1.82) is 5.26 Å². The van der Waals surface area contributed by atoms with Gasteiger partial charge in [-0.15, -0.1) is 0 Å². The minimum atomic E-state index is -0.578. The van der Waals surface area contributed by atoms with Gasteiger partial charge in [0.15, 0.2) is 0 Å². The topological polar surface area (TPSA) is 52.9 Å². The highest BCUT2D eigenvalue weighted by atomic mass is 79.9.